The lowest BCUT2D eigenvalue weighted by Gasteiger charge is -2.26. The molecule has 1 rings (SSSR count). The van der Waals surface area contributed by atoms with Crippen molar-refractivity contribution in [2.24, 2.45) is 0 Å². The van der Waals surface area contributed by atoms with E-state index in [0.717, 1.165) is 18.8 Å². The van der Waals surface area contributed by atoms with Gasteiger partial charge >= 0.3 is 0 Å². The van der Waals surface area contributed by atoms with Gasteiger partial charge in [0.05, 0.1) is 6.61 Å². The molecule has 0 aliphatic heterocycles. The quantitative estimate of drug-likeness (QED) is 0.786. The molecule has 1 unspecified atom stereocenters. The molecule has 1 aromatic carbocycles. The molecule has 3 heteroatoms. The van der Waals surface area contributed by atoms with E-state index in [1.54, 1.807) is 0 Å². The second kappa shape index (κ2) is 8.28. The summed E-state index contributed by atoms with van der Waals surface area (Å²) in [4.78, 5) is 2.45. The Hall–Kier alpha value is -1.06. The summed E-state index contributed by atoms with van der Waals surface area (Å²) >= 11 is 0. The number of ether oxygens (including phenoxy) is 1. The first-order chi connectivity index (χ1) is 9.53. The van der Waals surface area contributed by atoms with Gasteiger partial charge in [-0.15, -0.1) is 0 Å². The summed E-state index contributed by atoms with van der Waals surface area (Å²) in [5, 5.41) is 3.30. The van der Waals surface area contributed by atoms with Crippen molar-refractivity contribution in [2.45, 2.75) is 53.2 Å². The van der Waals surface area contributed by atoms with Crippen molar-refractivity contribution in [3.63, 3.8) is 0 Å². The second-order valence-electron chi connectivity index (χ2n) is 5.47. The van der Waals surface area contributed by atoms with Crippen LogP contribution in [-0.4, -0.2) is 31.1 Å². The number of hydrogen-bond acceptors (Lipinski definition) is 3. The minimum absolute atomic E-state index is 0.360. The highest BCUT2D eigenvalue weighted by atomic mass is 16.5. The highest BCUT2D eigenvalue weighted by Gasteiger charge is 2.13. The van der Waals surface area contributed by atoms with Gasteiger partial charge in [0.15, 0.2) is 0 Å². The van der Waals surface area contributed by atoms with E-state index in [2.05, 4.69) is 56.1 Å². The molecule has 1 atom stereocenters. The van der Waals surface area contributed by atoms with Gasteiger partial charge in [-0.05, 0) is 59.0 Å². The van der Waals surface area contributed by atoms with Crippen molar-refractivity contribution in [1.82, 2.24) is 10.2 Å². The molecule has 0 aromatic heterocycles. The molecule has 0 bridgehead atoms. The Kier molecular flexibility index (Phi) is 7.03. The van der Waals surface area contributed by atoms with E-state index in [1.807, 2.05) is 14.0 Å². The van der Waals surface area contributed by atoms with Crippen molar-refractivity contribution >= 4 is 0 Å². The molecule has 0 amide bonds. The Morgan fingerprint density at radius 2 is 1.90 bits per heavy atom. The van der Waals surface area contributed by atoms with Gasteiger partial charge in [0, 0.05) is 24.2 Å². The molecule has 0 heterocycles. The molecule has 0 aliphatic carbocycles. The summed E-state index contributed by atoms with van der Waals surface area (Å²) in [6.07, 6.45) is 0. The maximum absolute atomic E-state index is 5.78. The molecule has 1 aromatic rings. The van der Waals surface area contributed by atoms with Gasteiger partial charge in [0.25, 0.3) is 0 Å². The normalized spacial score (nSPS) is 13.0. The van der Waals surface area contributed by atoms with Crippen LogP contribution in [0.25, 0.3) is 0 Å². The average molecular weight is 278 g/mol. The zero-order valence-electron chi connectivity index (χ0n) is 13.9. The molecular weight excluding hydrogens is 248 g/mol. The van der Waals surface area contributed by atoms with Crippen LogP contribution in [0.3, 0.4) is 0 Å². The summed E-state index contributed by atoms with van der Waals surface area (Å²) < 4.78 is 5.78. The minimum Gasteiger partial charge on any atom is -0.494 e. The number of benzene rings is 1. The molecule has 0 radical (unpaired) electrons. The lowest BCUT2D eigenvalue weighted by molar-refractivity contribution is 0.220. The molecule has 0 saturated heterocycles. The van der Waals surface area contributed by atoms with Gasteiger partial charge in [0.1, 0.15) is 5.75 Å². The maximum atomic E-state index is 5.78. The minimum atomic E-state index is 0.360. The summed E-state index contributed by atoms with van der Waals surface area (Å²) in [6.45, 7) is 13.6. The molecule has 0 aliphatic rings. The maximum Gasteiger partial charge on any atom is 0.123 e. The van der Waals surface area contributed by atoms with Crippen molar-refractivity contribution in [2.75, 3.05) is 20.2 Å². The first kappa shape index (κ1) is 17.0. The Balaban J connectivity index is 3.04. The van der Waals surface area contributed by atoms with E-state index in [4.69, 9.17) is 4.74 Å². The Bertz CT molecular complexity index is 404. The van der Waals surface area contributed by atoms with E-state index >= 15 is 0 Å². The van der Waals surface area contributed by atoms with Gasteiger partial charge in [0.2, 0.25) is 0 Å². The Morgan fingerprint density at radius 3 is 2.40 bits per heavy atom. The van der Waals surface area contributed by atoms with Gasteiger partial charge in [-0.25, -0.2) is 0 Å². The third kappa shape index (κ3) is 4.50. The summed E-state index contributed by atoms with van der Waals surface area (Å²) in [6, 6.07) is 7.44. The molecule has 0 saturated carbocycles. The highest BCUT2D eigenvalue weighted by Crippen LogP contribution is 2.25. The molecule has 114 valence electrons. The largest absolute Gasteiger partial charge is 0.494 e. The van der Waals surface area contributed by atoms with Crippen LogP contribution in [0.15, 0.2) is 18.2 Å². The van der Waals surface area contributed by atoms with Crippen LogP contribution in [0.5, 0.6) is 5.75 Å². The lowest BCUT2D eigenvalue weighted by Crippen LogP contribution is -2.30. The third-order valence-corrected chi connectivity index (χ3v) is 3.83. The first-order valence-electron chi connectivity index (χ1n) is 7.70. The topological polar surface area (TPSA) is 24.5 Å². The smallest absolute Gasteiger partial charge is 0.123 e. The SMILES string of the molecule is CCOc1ccc(C(C)NC)cc1CN(CC)C(C)C. The zero-order valence-corrected chi connectivity index (χ0v) is 13.9. The van der Waals surface area contributed by atoms with Crippen LogP contribution in [0, 0.1) is 0 Å². The van der Waals surface area contributed by atoms with Crippen LogP contribution in [0.4, 0.5) is 0 Å². The van der Waals surface area contributed by atoms with Crippen molar-refractivity contribution in [1.29, 1.82) is 0 Å². The molecule has 3 nitrogen and oxygen atoms in total. The molecule has 0 spiro atoms. The average Bonchev–Trinajstić information content (AvgIpc) is 2.45. The van der Waals surface area contributed by atoms with Crippen LogP contribution < -0.4 is 10.1 Å². The van der Waals surface area contributed by atoms with E-state index in [-0.39, 0.29) is 0 Å². The molecular formula is C17H30N2O. The van der Waals surface area contributed by atoms with E-state index in [1.165, 1.54) is 11.1 Å². The standard InChI is InChI=1S/C17H30N2O/c1-7-19(13(3)4)12-16-11-15(14(5)18-6)9-10-17(16)20-8-2/h9-11,13-14,18H,7-8,12H2,1-6H3. The Morgan fingerprint density at radius 1 is 1.20 bits per heavy atom. The van der Waals surface area contributed by atoms with Gasteiger partial charge in [-0.1, -0.05) is 13.0 Å². The van der Waals surface area contributed by atoms with Gasteiger partial charge < -0.3 is 10.1 Å². The van der Waals surface area contributed by atoms with Crippen LogP contribution >= 0.6 is 0 Å². The number of nitrogens with zero attached hydrogens (tertiary/aromatic N) is 1. The molecule has 1 N–H and O–H groups in total. The van der Waals surface area contributed by atoms with Crippen molar-refractivity contribution in [3.05, 3.63) is 29.3 Å². The summed E-state index contributed by atoms with van der Waals surface area (Å²) in [7, 11) is 1.99. The fourth-order valence-corrected chi connectivity index (χ4v) is 2.33. The monoisotopic (exact) mass is 278 g/mol. The van der Waals surface area contributed by atoms with E-state index in [9.17, 15) is 0 Å². The van der Waals surface area contributed by atoms with Crippen LogP contribution in [0.2, 0.25) is 0 Å². The third-order valence-electron chi connectivity index (χ3n) is 3.83. The fourth-order valence-electron chi connectivity index (χ4n) is 2.33. The number of hydrogen-bond donors (Lipinski definition) is 1. The fraction of sp³-hybridized carbons (Fsp3) is 0.647. The predicted octanol–water partition coefficient (Wildman–Crippen LogP) is 3.60. The van der Waals surface area contributed by atoms with E-state index in [0.29, 0.717) is 18.7 Å². The van der Waals surface area contributed by atoms with Gasteiger partial charge in [-0.3, -0.25) is 4.90 Å². The first-order valence-corrected chi connectivity index (χ1v) is 7.70. The zero-order chi connectivity index (χ0) is 15.1. The molecule has 0 fully saturated rings. The predicted molar refractivity (Wildman–Crippen MR) is 86.3 cm³/mol. The second-order valence-corrected chi connectivity index (χ2v) is 5.47. The number of rotatable bonds is 8. The van der Waals surface area contributed by atoms with Crippen molar-refractivity contribution < 1.29 is 4.74 Å². The summed E-state index contributed by atoms with van der Waals surface area (Å²) in [5.41, 5.74) is 2.59. The van der Waals surface area contributed by atoms with Crippen LogP contribution in [-0.2, 0) is 6.54 Å². The Labute approximate surface area is 124 Å². The van der Waals surface area contributed by atoms with E-state index < -0.39 is 0 Å². The molecule has 20 heavy (non-hydrogen) atoms. The van der Waals surface area contributed by atoms with Crippen molar-refractivity contribution in [3.8, 4) is 5.75 Å². The van der Waals surface area contributed by atoms with Gasteiger partial charge in [-0.2, -0.15) is 0 Å². The lowest BCUT2D eigenvalue weighted by atomic mass is 10.0. The van der Waals surface area contributed by atoms with Crippen LogP contribution in [0.1, 0.15) is 51.8 Å². The highest BCUT2D eigenvalue weighted by molar-refractivity contribution is 5.38. The summed E-state index contributed by atoms with van der Waals surface area (Å²) in [5.74, 6) is 1.01. The number of nitrogens with one attached hydrogen (secondary N) is 1.